The molecule has 4 heteroatoms. The van der Waals surface area contributed by atoms with E-state index in [0.29, 0.717) is 0 Å². The second-order valence-corrected chi connectivity index (χ2v) is 27.5. The van der Waals surface area contributed by atoms with Gasteiger partial charge >= 0.3 is 82.6 Å². The molecule has 0 aromatic heterocycles. The van der Waals surface area contributed by atoms with E-state index in [-0.39, 0.29) is 57.3 Å². The predicted molar refractivity (Wildman–Crippen MR) is 266 cm³/mol. The average molecular weight is 1050 g/mol. The Balaban J connectivity index is 0.000000284. The first-order valence-electron chi connectivity index (χ1n) is 22.7. The van der Waals surface area contributed by atoms with Crippen molar-refractivity contribution < 1.29 is 73.3 Å². The van der Waals surface area contributed by atoms with Crippen LogP contribution in [-0.2, 0) is 59.3 Å². The zero-order chi connectivity index (χ0) is 46.4. The zero-order valence-electron chi connectivity index (χ0n) is 42.4. The number of halogens is 2. The molecule has 0 saturated carbocycles. The molecule has 0 saturated heterocycles. The molecule has 6 aliphatic rings. The Morgan fingerprint density at radius 3 is 1.08 bits per heavy atom. The first kappa shape index (κ1) is 56.3. The molecule has 2 atom stereocenters. The third-order valence-electron chi connectivity index (χ3n) is 12.9. The van der Waals surface area contributed by atoms with E-state index in [1.807, 2.05) is 0 Å². The van der Waals surface area contributed by atoms with Crippen LogP contribution in [0.3, 0.4) is 0 Å². The van der Waals surface area contributed by atoms with Gasteiger partial charge in [0.1, 0.15) is 0 Å². The van der Waals surface area contributed by atoms with Crippen molar-refractivity contribution in [2.45, 2.75) is 148 Å². The van der Waals surface area contributed by atoms with Gasteiger partial charge < -0.3 is 24.8 Å². The van der Waals surface area contributed by atoms with Gasteiger partial charge in [-0.05, 0) is 70.3 Å². The fraction of sp³-hybridized carbons (Fsp3) is 0.433. The summed E-state index contributed by atoms with van der Waals surface area (Å²) in [5.74, 6) is 0. The molecule has 8 rings (SSSR count). The monoisotopic (exact) mass is 1040 g/mol. The predicted octanol–water partition coefficient (Wildman–Crippen LogP) is 6.57. The summed E-state index contributed by atoms with van der Waals surface area (Å²) in [7, 11) is 0. The molecular formula is C60H74Cl2Zr2-4. The van der Waals surface area contributed by atoms with Crippen molar-refractivity contribution in [2.75, 3.05) is 0 Å². The summed E-state index contributed by atoms with van der Waals surface area (Å²) in [4.78, 5) is 0. The van der Waals surface area contributed by atoms with Crippen molar-refractivity contribution in [3.8, 4) is 0 Å². The van der Waals surface area contributed by atoms with Crippen LogP contribution in [-0.4, -0.2) is 6.41 Å². The van der Waals surface area contributed by atoms with Crippen molar-refractivity contribution >= 4 is 29.7 Å². The Kier molecular flexibility index (Phi) is 18.5. The minimum Gasteiger partial charge on any atom is -1.00 e. The van der Waals surface area contributed by atoms with Crippen molar-refractivity contribution in [2.24, 2.45) is 21.7 Å². The Bertz CT molecular complexity index is 2490. The topological polar surface area (TPSA) is 0 Å². The normalized spacial score (nSPS) is 21.1. The first-order valence-corrected chi connectivity index (χ1v) is 25.2. The number of rotatable bonds is 2. The largest absolute Gasteiger partial charge is 1.00 e. The van der Waals surface area contributed by atoms with Crippen LogP contribution in [0.1, 0.15) is 149 Å². The van der Waals surface area contributed by atoms with Gasteiger partial charge in [-0.2, -0.15) is 35.5 Å². The van der Waals surface area contributed by atoms with Gasteiger partial charge in [-0.1, -0.05) is 199 Å². The van der Waals surface area contributed by atoms with Gasteiger partial charge in [0.2, 0.25) is 0 Å². The van der Waals surface area contributed by atoms with Crippen LogP contribution in [0.2, 0.25) is 0 Å². The number of fused-ring (bicyclic) bond motifs is 4. The smallest absolute Gasteiger partial charge is 1.00 e. The number of allylic oxidation sites excluding steroid dienone is 16. The molecule has 0 aliphatic heterocycles. The molecule has 6 aliphatic carbocycles. The molecule has 0 spiro atoms. The Morgan fingerprint density at radius 1 is 0.516 bits per heavy atom. The van der Waals surface area contributed by atoms with Gasteiger partial charge in [-0.3, -0.25) is 0 Å². The molecule has 0 nitrogen and oxygen atoms in total. The van der Waals surface area contributed by atoms with Crippen molar-refractivity contribution in [3.63, 3.8) is 0 Å². The average Bonchev–Trinajstić information content (AvgIpc) is 3.93. The fourth-order valence-electron chi connectivity index (χ4n) is 9.34. The first-order chi connectivity index (χ1) is 28.5. The Morgan fingerprint density at radius 2 is 0.828 bits per heavy atom. The quantitative estimate of drug-likeness (QED) is 0.299. The summed E-state index contributed by atoms with van der Waals surface area (Å²) in [6.07, 6.45) is 33.4. The summed E-state index contributed by atoms with van der Waals surface area (Å²) in [5.41, 5.74) is 13.9. The van der Waals surface area contributed by atoms with E-state index >= 15 is 0 Å². The second kappa shape index (κ2) is 21.1. The second-order valence-electron chi connectivity index (χ2n) is 22.6. The maximum atomic E-state index is 3.99. The summed E-state index contributed by atoms with van der Waals surface area (Å²) in [6.45, 7) is 40.7. The third kappa shape index (κ3) is 12.0. The van der Waals surface area contributed by atoms with E-state index in [2.05, 4.69) is 234 Å². The fourth-order valence-corrected chi connectivity index (χ4v) is 9.34. The van der Waals surface area contributed by atoms with E-state index in [9.17, 15) is 0 Å². The standard InChI is InChI=1S/2C27H31.2C3H6.2ClH.2Zr/c2*1-18-9-8-10-24(18)27(26(5,6)7)14-13-23-20(17-27)15-19-16-21(25(2,3)4)11-12-22(19)23;2*1-3-2;;;;/h2*8-9,11-16H,10H2,1-7H3;2*1-2H3;2*1H;;/q2*-1;;;;;;/p-2. The van der Waals surface area contributed by atoms with Gasteiger partial charge in [0.25, 0.3) is 0 Å². The molecule has 0 fully saturated rings. The van der Waals surface area contributed by atoms with Crippen LogP contribution >= 0.6 is 0 Å². The van der Waals surface area contributed by atoms with Crippen LogP contribution < -0.4 is 45.7 Å². The van der Waals surface area contributed by atoms with Crippen molar-refractivity contribution in [3.05, 3.63) is 163 Å². The van der Waals surface area contributed by atoms with Crippen LogP contribution in [0.4, 0.5) is 0 Å². The summed E-state index contributed by atoms with van der Waals surface area (Å²) < 4.78 is 3.01. The third-order valence-corrected chi connectivity index (χ3v) is 12.9. The summed E-state index contributed by atoms with van der Waals surface area (Å²) in [6, 6.07) is 13.9. The van der Waals surface area contributed by atoms with Gasteiger partial charge in [0, 0.05) is 0 Å². The molecular weight excluding hydrogens is 974 g/mol. The number of benzene rings is 2. The van der Waals surface area contributed by atoms with Crippen LogP contribution in [0.15, 0.2) is 118 Å². The van der Waals surface area contributed by atoms with Gasteiger partial charge in [0.05, 0.1) is 0 Å². The number of hydrogen-bond acceptors (Lipinski definition) is 0. The van der Waals surface area contributed by atoms with E-state index in [1.165, 1.54) is 83.0 Å². The van der Waals surface area contributed by atoms with Crippen LogP contribution in [0.25, 0.3) is 23.3 Å². The molecule has 0 radical (unpaired) electrons. The minimum atomic E-state index is -0.148. The summed E-state index contributed by atoms with van der Waals surface area (Å²) in [5, 5.41) is 5.37. The van der Waals surface area contributed by atoms with Crippen LogP contribution in [0.5, 0.6) is 0 Å². The SMILES string of the molecule is CC1=C(C2(C(C)(C)C)[C-]=C3C=c4cc(C(C)(C)C)ccc4=C3C=C2)CC=C1.CC1=C(C2(C(C)(C)C)[C-]=C3C=c4cc(C(C)(C)C)ccc4=C3C=C2)CC=C1.C[C](C)=[Zr].C[C](C)=[Zr].[Cl-].[Cl-]. The molecule has 0 N–H and O–H groups in total. The van der Waals surface area contributed by atoms with Crippen molar-refractivity contribution in [1.82, 2.24) is 0 Å². The molecule has 64 heavy (non-hydrogen) atoms. The minimum absolute atomic E-state index is 0. The molecule has 340 valence electrons. The van der Waals surface area contributed by atoms with Gasteiger partial charge in [-0.15, -0.1) is 23.3 Å². The Hall–Kier alpha value is -2.07. The van der Waals surface area contributed by atoms with Gasteiger partial charge in [0.15, 0.2) is 0 Å². The van der Waals surface area contributed by atoms with Gasteiger partial charge in [-0.25, -0.2) is 0 Å². The Labute approximate surface area is 431 Å². The molecule has 0 bridgehead atoms. The molecule has 0 heterocycles. The maximum Gasteiger partial charge on any atom is -1.00 e. The molecule has 2 aromatic rings. The number of hydrogen-bond donors (Lipinski definition) is 0. The zero-order valence-corrected chi connectivity index (χ0v) is 48.8. The van der Waals surface area contributed by atoms with E-state index in [4.69, 9.17) is 0 Å². The molecule has 2 unspecified atom stereocenters. The van der Waals surface area contributed by atoms with E-state index in [0.717, 1.165) is 12.8 Å². The van der Waals surface area contributed by atoms with Crippen molar-refractivity contribution in [1.29, 1.82) is 0 Å². The molecule has 2 aromatic carbocycles. The van der Waals surface area contributed by atoms with E-state index in [1.54, 1.807) is 48.5 Å². The summed E-state index contributed by atoms with van der Waals surface area (Å²) >= 11 is 3.11. The van der Waals surface area contributed by atoms with E-state index < -0.39 is 0 Å². The molecule has 0 amide bonds. The van der Waals surface area contributed by atoms with Crippen LogP contribution in [0, 0.1) is 33.8 Å². The maximum absolute atomic E-state index is 3.99.